The summed E-state index contributed by atoms with van der Waals surface area (Å²) in [5, 5.41) is 0. The second-order valence-corrected chi connectivity index (χ2v) is 12.3. The third-order valence-corrected chi connectivity index (χ3v) is 13.8. The second-order valence-electron chi connectivity index (χ2n) is 4.40. The van der Waals surface area contributed by atoms with E-state index >= 15 is 0 Å². The maximum Gasteiger partial charge on any atom is 1.00 e. The van der Waals surface area contributed by atoms with Crippen molar-refractivity contribution in [2.75, 3.05) is 0 Å². The van der Waals surface area contributed by atoms with E-state index in [-0.39, 0.29) is 51.4 Å². The fourth-order valence-corrected chi connectivity index (χ4v) is 6.00. The monoisotopic (exact) mass is 228 g/mol. The Bertz CT molecular complexity index is 102. The molecular weight excluding hydrogens is 206 g/mol. The van der Waals surface area contributed by atoms with Gasteiger partial charge in [0.2, 0.25) is 0 Å². The van der Waals surface area contributed by atoms with E-state index in [4.69, 9.17) is 0 Å². The zero-order valence-electron chi connectivity index (χ0n) is 9.73. The quantitative estimate of drug-likeness (QED) is 0.505. The van der Waals surface area contributed by atoms with Gasteiger partial charge < -0.3 is 8.79 Å². The maximum atomic E-state index is 4.07. The smallest absolute Gasteiger partial charge is 0.558 e. The first kappa shape index (κ1) is 16.7. The average molecular weight is 228 g/mol. The Kier molecular flexibility index (Phi) is 9.34. The van der Waals surface area contributed by atoms with E-state index < -0.39 is 7.74 Å². The van der Waals surface area contributed by atoms with Gasteiger partial charge in [-0.05, 0) is 0 Å². The van der Waals surface area contributed by atoms with Gasteiger partial charge in [-0.25, -0.2) is 0 Å². The molecule has 0 heterocycles. The summed E-state index contributed by atoms with van der Waals surface area (Å²) < 4.78 is 0. The molecule has 0 aliphatic carbocycles. The molecule has 0 spiro atoms. The van der Waals surface area contributed by atoms with Crippen LogP contribution in [0.2, 0.25) is 16.6 Å². The summed E-state index contributed by atoms with van der Waals surface area (Å²) in [4.78, 5) is 0. The average Bonchev–Trinajstić information content (AvgIpc) is 1.84. The zero-order valence-corrected chi connectivity index (χ0v) is 14.9. The Labute approximate surface area is 124 Å². The first-order chi connectivity index (χ1) is 4.83. The fraction of sp³-hybridized carbons (Fsp3) is 1.00. The van der Waals surface area contributed by atoms with E-state index in [1.807, 2.05) is 0 Å². The van der Waals surface area contributed by atoms with Gasteiger partial charge in [-0.1, -0.05) is 65.9 Å². The van der Waals surface area contributed by atoms with Crippen LogP contribution in [0.1, 0.15) is 41.5 Å². The standard InChI is InChI=1S/C9H22PSi.K/c1-7(2)11(10,8(3)4)9(5)6;/h7-10H,1-6H3;/q-1;+1. The molecule has 0 aromatic carbocycles. The number of hydrogen-bond acceptors (Lipinski definition) is 0. The first-order valence-corrected chi connectivity index (χ1v) is 8.31. The zero-order chi connectivity index (χ0) is 9.23. The van der Waals surface area contributed by atoms with Gasteiger partial charge in [0, 0.05) is 0 Å². The summed E-state index contributed by atoms with van der Waals surface area (Å²) in [5.41, 5.74) is 2.50. The van der Waals surface area contributed by atoms with Crippen LogP contribution in [0.3, 0.4) is 0 Å². The first-order valence-electron chi connectivity index (χ1n) is 4.58. The van der Waals surface area contributed by atoms with E-state index in [0.717, 1.165) is 16.6 Å². The van der Waals surface area contributed by atoms with Crippen LogP contribution in [-0.4, -0.2) is 7.74 Å². The van der Waals surface area contributed by atoms with Gasteiger partial charge >= 0.3 is 51.4 Å². The molecular formula is C9H22KPSi. The van der Waals surface area contributed by atoms with Gasteiger partial charge in [0.15, 0.2) is 0 Å². The van der Waals surface area contributed by atoms with E-state index in [1.165, 1.54) is 0 Å². The van der Waals surface area contributed by atoms with Crippen LogP contribution in [0.5, 0.6) is 0 Å². The summed E-state index contributed by atoms with van der Waals surface area (Å²) in [5.74, 6) is 0. The minimum absolute atomic E-state index is 0. The summed E-state index contributed by atoms with van der Waals surface area (Å²) in [6, 6.07) is 0. The molecule has 0 saturated heterocycles. The molecule has 0 unspecified atom stereocenters. The molecule has 68 valence electrons. The topological polar surface area (TPSA) is 0 Å². The molecule has 12 heavy (non-hydrogen) atoms. The molecule has 0 aliphatic heterocycles. The third kappa shape index (κ3) is 3.80. The third-order valence-electron chi connectivity index (χ3n) is 2.87. The van der Waals surface area contributed by atoms with Crippen LogP contribution in [0.4, 0.5) is 0 Å². The predicted octanol–water partition coefficient (Wildman–Crippen LogP) is 1.31. The van der Waals surface area contributed by atoms with Crippen molar-refractivity contribution in [3.05, 3.63) is 0 Å². The van der Waals surface area contributed by atoms with Crippen molar-refractivity contribution < 1.29 is 51.4 Å². The van der Waals surface area contributed by atoms with E-state index in [0.29, 0.717) is 0 Å². The van der Waals surface area contributed by atoms with Crippen molar-refractivity contribution in [2.45, 2.75) is 58.2 Å². The van der Waals surface area contributed by atoms with E-state index in [9.17, 15) is 0 Å². The largest absolute Gasteiger partial charge is 1.00 e. The minimum Gasteiger partial charge on any atom is -0.558 e. The van der Waals surface area contributed by atoms with Gasteiger partial charge in [-0.2, -0.15) is 0 Å². The van der Waals surface area contributed by atoms with Crippen molar-refractivity contribution in [3.8, 4) is 0 Å². The second kappa shape index (κ2) is 6.71. The SMILES string of the molecule is CC(C)[Si]([PH-])(C(C)C)C(C)C.[K+]. The van der Waals surface area contributed by atoms with Crippen LogP contribution < -0.4 is 51.4 Å². The Morgan fingerprint density at radius 2 is 0.917 bits per heavy atom. The molecule has 0 aliphatic rings. The van der Waals surface area contributed by atoms with Crippen LogP contribution >= 0.6 is 8.79 Å². The molecule has 0 atom stereocenters. The van der Waals surface area contributed by atoms with E-state index in [1.54, 1.807) is 0 Å². The number of rotatable bonds is 3. The Hall–Kier alpha value is 2.28. The minimum atomic E-state index is -1.18. The summed E-state index contributed by atoms with van der Waals surface area (Å²) in [6.45, 7) is 14.1. The van der Waals surface area contributed by atoms with Crippen LogP contribution in [-0.2, 0) is 0 Å². The Balaban J connectivity index is 0. The molecule has 0 N–H and O–H groups in total. The van der Waals surface area contributed by atoms with Crippen LogP contribution in [0.15, 0.2) is 0 Å². The molecule has 0 amide bonds. The number of hydrogen-bond donors (Lipinski definition) is 0. The summed E-state index contributed by atoms with van der Waals surface area (Å²) in [6.07, 6.45) is 0. The summed E-state index contributed by atoms with van der Waals surface area (Å²) in [7, 11) is 2.90. The molecule has 0 fully saturated rings. The predicted molar refractivity (Wildman–Crippen MR) is 59.4 cm³/mol. The van der Waals surface area contributed by atoms with Gasteiger partial charge in [0.05, 0.1) is 0 Å². The van der Waals surface area contributed by atoms with Crippen molar-refractivity contribution in [2.24, 2.45) is 0 Å². The molecule has 0 saturated carbocycles. The molecule has 0 rings (SSSR count). The van der Waals surface area contributed by atoms with Gasteiger partial charge in [-0.15, -0.1) is 0 Å². The molecule has 0 bridgehead atoms. The Morgan fingerprint density at radius 1 is 0.750 bits per heavy atom. The molecule has 0 radical (unpaired) electrons. The normalized spacial score (nSPS) is 12.5. The van der Waals surface area contributed by atoms with Crippen molar-refractivity contribution in [3.63, 3.8) is 0 Å². The molecule has 0 aromatic rings. The van der Waals surface area contributed by atoms with Gasteiger partial charge in [0.1, 0.15) is 0 Å². The van der Waals surface area contributed by atoms with E-state index in [2.05, 4.69) is 50.3 Å². The Morgan fingerprint density at radius 3 is 0.917 bits per heavy atom. The molecule has 0 aromatic heterocycles. The fourth-order valence-electron chi connectivity index (χ4n) is 2.00. The van der Waals surface area contributed by atoms with Crippen molar-refractivity contribution >= 4 is 16.5 Å². The van der Waals surface area contributed by atoms with Crippen molar-refractivity contribution in [1.29, 1.82) is 0 Å². The molecule has 3 heteroatoms. The van der Waals surface area contributed by atoms with Gasteiger partial charge in [-0.3, -0.25) is 0 Å². The van der Waals surface area contributed by atoms with Crippen LogP contribution in [0.25, 0.3) is 0 Å². The van der Waals surface area contributed by atoms with Crippen LogP contribution in [0, 0.1) is 0 Å². The van der Waals surface area contributed by atoms with Gasteiger partial charge in [0.25, 0.3) is 0 Å². The van der Waals surface area contributed by atoms with Crippen molar-refractivity contribution in [1.82, 2.24) is 0 Å². The summed E-state index contributed by atoms with van der Waals surface area (Å²) >= 11 is 0. The molecule has 0 nitrogen and oxygen atoms in total. The maximum absolute atomic E-state index is 4.07.